The minimum atomic E-state index is -0.448. The first-order valence-corrected chi connectivity index (χ1v) is 10.5. The first kappa shape index (κ1) is 22.0. The summed E-state index contributed by atoms with van der Waals surface area (Å²) in [7, 11) is 0. The summed E-state index contributed by atoms with van der Waals surface area (Å²) in [5, 5.41) is 4.16. The molecule has 5 nitrogen and oxygen atoms in total. The Morgan fingerprint density at radius 2 is 1.97 bits per heavy atom. The van der Waals surface area contributed by atoms with Gasteiger partial charge in [-0.25, -0.2) is 14.4 Å². The topological polar surface area (TPSA) is 58.1 Å². The number of hydrogen-bond donors (Lipinski definition) is 1. The highest BCUT2D eigenvalue weighted by Gasteiger charge is 2.17. The first-order valence-electron chi connectivity index (χ1n) is 10.1. The van der Waals surface area contributed by atoms with E-state index in [1.807, 2.05) is 25.1 Å². The molecule has 3 aromatic rings. The van der Waals surface area contributed by atoms with E-state index in [1.165, 1.54) is 6.07 Å². The number of nitrogens with one attached hydrogen (secondary N) is 1. The van der Waals surface area contributed by atoms with Gasteiger partial charge in [0.15, 0.2) is 0 Å². The monoisotopic (exact) mass is 428 g/mol. The molecule has 0 aliphatic heterocycles. The van der Waals surface area contributed by atoms with Gasteiger partial charge in [-0.2, -0.15) is 0 Å². The molecule has 0 bridgehead atoms. The normalized spacial score (nSPS) is 11.1. The van der Waals surface area contributed by atoms with Crippen LogP contribution in [0.5, 0.6) is 0 Å². The number of aromatic nitrogens is 2. The molecular weight excluding hydrogens is 403 g/mol. The van der Waals surface area contributed by atoms with Gasteiger partial charge in [0.05, 0.1) is 11.2 Å². The zero-order valence-electron chi connectivity index (χ0n) is 17.5. The molecule has 0 radical (unpaired) electrons. The SMILES string of the molecule is CCc1nc(N(CCC(=O)Nc2ccccc2F)CC(C)C)c2ccc(Cl)cc2n1. The van der Waals surface area contributed by atoms with Crippen LogP contribution in [0.4, 0.5) is 15.9 Å². The lowest BCUT2D eigenvalue weighted by molar-refractivity contribution is -0.116. The molecule has 0 fully saturated rings. The molecule has 30 heavy (non-hydrogen) atoms. The molecule has 7 heteroatoms. The third-order valence-corrected chi connectivity index (χ3v) is 4.88. The predicted octanol–water partition coefficient (Wildman–Crippen LogP) is 5.48. The number of carbonyl (C=O) groups excluding carboxylic acids is 1. The van der Waals surface area contributed by atoms with Gasteiger partial charge in [0.25, 0.3) is 0 Å². The molecule has 1 amide bonds. The van der Waals surface area contributed by atoms with Crippen LogP contribution in [-0.4, -0.2) is 29.0 Å². The van der Waals surface area contributed by atoms with E-state index in [0.717, 1.165) is 29.1 Å². The Balaban J connectivity index is 1.85. The average molecular weight is 429 g/mol. The second-order valence-electron chi connectivity index (χ2n) is 7.60. The Morgan fingerprint density at radius 1 is 1.20 bits per heavy atom. The maximum Gasteiger partial charge on any atom is 0.226 e. The van der Waals surface area contributed by atoms with Gasteiger partial charge in [-0.1, -0.05) is 44.5 Å². The number of amides is 1. The zero-order chi connectivity index (χ0) is 21.7. The van der Waals surface area contributed by atoms with E-state index in [1.54, 1.807) is 18.2 Å². The molecule has 1 heterocycles. The number of para-hydroxylation sites is 1. The molecule has 1 N–H and O–H groups in total. The molecule has 0 saturated heterocycles. The van der Waals surface area contributed by atoms with Crippen molar-refractivity contribution in [2.45, 2.75) is 33.6 Å². The number of rotatable bonds is 8. The number of benzene rings is 2. The molecule has 0 saturated carbocycles. The van der Waals surface area contributed by atoms with Crippen LogP contribution in [0.25, 0.3) is 10.9 Å². The number of carbonyl (C=O) groups is 1. The average Bonchev–Trinajstić information content (AvgIpc) is 2.71. The highest BCUT2D eigenvalue weighted by atomic mass is 35.5. The number of anilines is 2. The fraction of sp³-hybridized carbons (Fsp3) is 0.348. The zero-order valence-corrected chi connectivity index (χ0v) is 18.2. The van der Waals surface area contributed by atoms with Crippen LogP contribution in [0.2, 0.25) is 5.02 Å². The van der Waals surface area contributed by atoms with Crippen molar-refractivity contribution in [3.05, 3.63) is 59.1 Å². The van der Waals surface area contributed by atoms with Crippen molar-refractivity contribution >= 4 is 39.9 Å². The molecule has 0 unspecified atom stereocenters. The number of fused-ring (bicyclic) bond motifs is 1. The van der Waals surface area contributed by atoms with Crippen molar-refractivity contribution in [1.29, 1.82) is 0 Å². The summed E-state index contributed by atoms with van der Waals surface area (Å²) in [5.74, 6) is 1.19. The van der Waals surface area contributed by atoms with Crippen molar-refractivity contribution in [3.63, 3.8) is 0 Å². The highest BCUT2D eigenvalue weighted by molar-refractivity contribution is 6.31. The summed E-state index contributed by atoms with van der Waals surface area (Å²) in [4.78, 5) is 23.9. The van der Waals surface area contributed by atoms with E-state index >= 15 is 0 Å². The molecule has 0 spiro atoms. The molecule has 0 aliphatic rings. The van der Waals surface area contributed by atoms with Gasteiger partial charge in [0.1, 0.15) is 17.5 Å². The summed E-state index contributed by atoms with van der Waals surface area (Å²) in [6, 6.07) is 11.7. The van der Waals surface area contributed by atoms with Gasteiger partial charge < -0.3 is 10.2 Å². The lowest BCUT2D eigenvalue weighted by Crippen LogP contribution is -2.32. The lowest BCUT2D eigenvalue weighted by atomic mass is 10.1. The van der Waals surface area contributed by atoms with E-state index in [0.29, 0.717) is 23.9 Å². The van der Waals surface area contributed by atoms with E-state index in [4.69, 9.17) is 16.6 Å². The van der Waals surface area contributed by atoms with Crippen LogP contribution in [0.15, 0.2) is 42.5 Å². The molecule has 3 rings (SSSR count). The smallest absolute Gasteiger partial charge is 0.226 e. The Kier molecular flexibility index (Phi) is 7.21. The molecule has 1 aromatic heterocycles. The van der Waals surface area contributed by atoms with Crippen molar-refractivity contribution < 1.29 is 9.18 Å². The van der Waals surface area contributed by atoms with Crippen molar-refractivity contribution in [2.75, 3.05) is 23.3 Å². The number of halogens is 2. The Bertz CT molecular complexity index is 1040. The van der Waals surface area contributed by atoms with Gasteiger partial charge in [-0.05, 0) is 36.2 Å². The van der Waals surface area contributed by atoms with Crippen LogP contribution < -0.4 is 10.2 Å². The van der Waals surface area contributed by atoms with Crippen LogP contribution in [-0.2, 0) is 11.2 Å². The van der Waals surface area contributed by atoms with Crippen molar-refractivity contribution in [2.24, 2.45) is 5.92 Å². The van der Waals surface area contributed by atoms with Gasteiger partial charge in [0.2, 0.25) is 5.91 Å². The minimum Gasteiger partial charge on any atom is -0.355 e. The Morgan fingerprint density at radius 3 is 2.67 bits per heavy atom. The quantitative estimate of drug-likeness (QED) is 0.516. The maximum atomic E-state index is 13.8. The van der Waals surface area contributed by atoms with Crippen LogP contribution in [0.3, 0.4) is 0 Å². The van der Waals surface area contributed by atoms with E-state index in [2.05, 4.69) is 29.0 Å². The number of nitrogens with zero attached hydrogens (tertiary/aromatic N) is 3. The molecule has 0 aliphatic carbocycles. The Labute approximate surface area is 181 Å². The largest absolute Gasteiger partial charge is 0.355 e. The first-order chi connectivity index (χ1) is 14.4. The van der Waals surface area contributed by atoms with E-state index < -0.39 is 5.82 Å². The molecule has 0 atom stereocenters. The summed E-state index contributed by atoms with van der Waals surface area (Å²) in [6.45, 7) is 7.42. The fourth-order valence-corrected chi connectivity index (χ4v) is 3.43. The predicted molar refractivity (Wildman–Crippen MR) is 121 cm³/mol. The molecule has 2 aromatic carbocycles. The number of hydrogen-bond acceptors (Lipinski definition) is 4. The van der Waals surface area contributed by atoms with Crippen LogP contribution >= 0.6 is 11.6 Å². The lowest BCUT2D eigenvalue weighted by Gasteiger charge is -2.27. The van der Waals surface area contributed by atoms with E-state index in [-0.39, 0.29) is 18.0 Å². The minimum absolute atomic E-state index is 0.188. The van der Waals surface area contributed by atoms with Gasteiger partial charge >= 0.3 is 0 Å². The summed E-state index contributed by atoms with van der Waals surface area (Å²) < 4.78 is 13.8. The number of aryl methyl sites for hydroxylation is 1. The van der Waals surface area contributed by atoms with Gasteiger partial charge in [-0.15, -0.1) is 0 Å². The van der Waals surface area contributed by atoms with Gasteiger partial charge in [-0.3, -0.25) is 4.79 Å². The van der Waals surface area contributed by atoms with Gasteiger partial charge in [0, 0.05) is 36.3 Å². The fourth-order valence-electron chi connectivity index (χ4n) is 3.27. The standard InChI is InChI=1S/C23H26ClFN4O/c1-4-21-26-20-13-16(24)9-10-17(20)23(28-21)29(14-15(2)3)12-11-22(30)27-19-8-6-5-7-18(19)25/h5-10,13,15H,4,11-12,14H2,1-3H3,(H,27,30). The van der Waals surface area contributed by atoms with Crippen molar-refractivity contribution in [3.8, 4) is 0 Å². The van der Waals surface area contributed by atoms with Crippen LogP contribution in [0.1, 0.15) is 33.0 Å². The van der Waals surface area contributed by atoms with Crippen molar-refractivity contribution in [1.82, 2.24) is 9.97 Å². The third-order valence-electron chi connectivity index (χ3n) is 4.64. The van der Waals surface area contributed by atoms with E-state index in [9.17, 15) is 9.18 Å². The molecule has 158 valence electrons. The molecular formula is C23H26ClFN4O. The third kappa shape index (κ3) is 5.45. The summed E-state index contributed by atoms with van der Waals surface area (Å²) >= 11 is 6.17. The highest BCUT2D eigenvalue weighted by Crippen LogP contribution is 2.27. The summed E-state index contributed by atoms with van der Waals surface area (Å²) in [6.07, 6.45) is 0.903. The Hall–Kier alpha value is -2.73. The van der Waals surface area contributed by atoms with Crippen LogP contribution in [0, 0.1) is 11.7 Å². The maximum absolute atomic E-state index is 13.8. The second kappa shape index (κ2) is 9.85. The second-order valence-corrected chi connectivity index (χ2v) is 8.03. The summed E-state index contributed by atoms with van der Waals surface area (Å²) in [5.41, 5.74) is 0.974.